The minimum atomic E-state index is -0.640. The van der Waals surface area contributed by atoms with Gasteiger partial charge in [0, 0.05) is 22.7 Å². The smallest absolute Gasteiger partial charge is 0.252 e. The summed E-state index contributed by atoms with van der Waals surface area (Å²) in [6, 6.07) is 10.7. The van der Waals surface area contributed by atoms with Crippen molar-refractivity contribution in [3.05, 3.63) is 82.2 Å². The van der Waals surface area contributed by atoms with E-state index in [9.17, 15) is 13.6 Å². The minimum Gasteiger partial charge on any atom is -0.331 e. The normalized spacial score (nSPS) is 11.9. The molecule has 4 rings (SSSR count). The fourth-order valence-electron chi connectivity index (χ4n) is 4.01. The van der Waals surface area contributed by atoms with Crippen LogP contribution in [-0.4, -0.2) is 20.2 Å². The highest BCUT2D eigenvalue weighted by Crippen LogP contribution is 2.35. The lowest BCUT2D eigenvalue weighted by Gasteiger charge is -2.28. The Bertz CT molecular complexity index is 1230. The van der Waals surface area contributed by atoms with Crippen LogP contribution in [0.1, 0.15) is 38.1 Å². The van der Waals surface area contributed by atoms with E-state index >= 15 is 0 Å². The highest BCUT2D eigenvalue weighted by Gasteiger charge is 2.36. The van der Waals surface area contributed by atoms with Crippen molar-refractivity contribution in [2.75, 3.05) is 0 Å². The molecular weight excluding hydrogens is 374 g/mol. The molecule has 0 saturated heterocycles. The van der Waals surface area contributed by atoms with Gasteiger partial charge in [0.05, 0.1) is 5.41 Å². The van der Waals surface area contributed by atoms with E-state index in [1.54, 1.807) is 24.3 Å². The largest absolute Gasteiger partial charge is 0.331 e. The van der Waals surface area contributed by atoms with Gasteiger partial charge >= 0.3 is 0 Å². The molecule has 0 aliphatic heterocycles. The Morgan fingerprint density at radius 1 is 1.03 bits per heavy atom. The summed E-state index contributed by atoms with van der Waals surface area (Å²) in [6.07, 6.45) is 2.86. The zero-order chi connectivity index (χ0) is 20.6. The van der Waals surface area contributed by atoms with Gasteiger partial charge in [-0.25, -0.2) is 8.78 Å². The highest BCUT2D eigenvalue weighted by atomic mass is 19.1. The van der Waals surface area contributed by atoms with Crippen LogP contribution < -0.4 is 5.56 Å². The topological polar surface area (TPSA) is 74.4 Å². The average Bonchev–Trinajstić information content (AvgIpc) is 3.25. The molecule has 4 aromatic rings. The lowest BCUT2D eigenvalue weighted by atomic mass is 9.75. The second-order valence-corrected chi connectivity index (χ2v) is 7.07. The number of hydrogen-bond acceptors (Lipinski definition) is 3. The van der Waals surface area contributed by atoms with Gasteiger partial charge in [0.1, 0.15) is 23.8 Å². The number of benzene rings is 2. The monoisotopic (exact) mass is 394 g/mol. The van der Waals surface area contributed by atoms with E-state index in [1.807, 2.05) is 19.9 Å². The summed E-state index contributed by atoms with van der Waals surface area (Å²) in [5.74, 6) is -0.603. The second kappa shape index (κ2) is 7.24. The molecule has 0 atom stereocenters. The van der Waals surface area contributed by atoms with Crippen molar-refractivity contribution in [3.63, 3.8) is 0 Å². The second-order valence-electron chi connectivity index (χ2n) is 7.07. The molecule has 0 bridgehead atoms. The van der Waals surface area contributed by atoms with Crippen molar-refractivity contribution < 1.29 is 8.78 Å². The molecule has 0 radical (unpaired) electrons. The van der Waals surface area contributed by atoms with Crippen molar-refractivity contribution in [1.82, 2.24) is 20.2 Å². The summed E-state index contributed by atoms with van der Waals surface area (Å²) >= 11 is 0. The van der Waals surface area contributed by atoms with E-state index in [2.05, 4.69) is 20.2 Å². The molecular formula is C22H20F2N4O. The van der Waals surface area contributed by atoms with Crippen LogP contribution in [0.3, 0.4) is 0 Å². The van der Waals surface area contributed by atoms with Gasteiger partial charge in [-0.1, -0.05) is 32.0 Å². The minimum absolute atomic E-state index is 0.229. The Labute approximate surface area is 165 Å². The molecule has 5 nitrogen and oxygen atoms in total. The molecule has 29 heavy (non-hydrogen) atoms. The SMILES string of the molecule is CCC(CC)(c1nnc[nH]1)c1ccc(-c2ccc3c(F)cc(F)cc3c2)[nH]c1=O. The third-order valence-electron chi connectivity index (χ3n) is 5.68. The van der Waals surface area contributed by atoms with Crippen LogP contribution in [0.5, 0.6) is 0 Å². The number of pyridine rings is 1. The van der Waals surface area contributed by atoms with Crippen LogP contribution in [0.15, 0.2) is 53.6 Å². The summed E-state index contributed by atoms with van der Waals surface area (Å²) in [6.45, 7) is 4.01. The predicted molar refractivity (Wildman–Crippen MR) is 108 cm³/mol. The number of hydrogen-bond donors (Lipinski definition) is 2. The molecule has 7 heteroatoms. The van der Waals surface area contributed by atoms with Crippen molar-refractivity contribution in [2.45, 2.75) is 32.1 Å². The number of fused-ring (bicyclic) bond motifs is 1. The lowest BCUT2D eigenvalue weighted by Crippen LogP contribution is -2.34. The third-order valence-corrected chi connectivity index (χ3v) is 5.68. The maximum atomic E-state index is 13.9. The first-order chi connectivity index (χ1) is 14.0. The van der Waals surface area contributed by atoms with Crippen LogP contribution in [0, 0.1) is 11.6 Å². The third kappa shape index (κ3) is 3.12. The number of nitrogens with one attached hydrogen (secondary N) is 2. The summed E-state index contributed by atoms with van der Waals surface area (Å²) in [7, 11) is 0. The van der Waals surface area contributed by atoms with Crippen molar-refractivity contribution in [1.29, 1.82) is 0 Å². The Morgan fingerprint density at radius 2 is 1.83 bits per heavy atom. The summed E-state index contributed by atoms with van der Waals surface area (Å²) in [5.41, 5.74) is 1.04. The van der Waals surface area contributed by atoms with Crippen LogP contribution >= 0.6 is 0 Å². The van der Waals surface area contributed by atoms with E-state index in [-0.39, 0.29) is 5.56 Å². The Kier molecular flexibility index (Phi) is 4.74. The number of rotatable bonds is 5. The van der Waals surface area contributed by atoms with Gasteiger partial charge in [-0.2, -0.15) is 0 Å². The van der Waals surface area contributed by atoms with Gasteiger partial charge in [0.15, 0.2) is 0 Å². The van der Waals surface area contributed by atoms with Gasteiger partial charge in [-0.05, 0) is 42.0 Å². The Hall–Kier alpha value is -3.35. The van der Waals surface area contributed by atoms with Gasteiger partial charge in [-0.3, -0.25) is 4.79 Å². The zero-order valence-corrected chi connectivity index (χ0v) is 16.1. The van der Waals surface area contributed by atoms with E-state index in [4.69, 9.17) is 0 Å². The lowest BCUT2D eigenvalue weighted by molar-refractivity contribution is 0.446. The van der Waals surface area contributed by atoms with Gasteiger partial charge < -0.3 is 9.97 Å². The standard InChI is InChI=1S/C22H20F2N4O/c1-3-22(4-2,21-25-12-26-28-21)17-7-8-19(27-20(17)29)13-5-6-16-14(9-13)10-15(23)11-18(16)24/h5-12H,3-4H2,1-2H3,(H,27,29)(H,25,26,28). The zero-order valence-electron chi connectivity index (χ0n) is 16.1. The summed E-state index contributed by atoms with van der Waals surface area (Å²) in [4.78, 5) is 19.0. The van der Waals surface area contributed by atoms with Crippen LogP contribution in [0.2, 0.25) is 0 Å². The van der Waals surface area contributed by atoms with Crippen molar-refractivity contribution in [2.24, 2.45) is 0 Å². The molecule has 0 spiro atoms. The van der Waals surface area contributed by atoms with E-state index in [0.717, 1.165) is 6.07 Å². The van der Waals surface area contributed by atoms with Crippen LogP contribution in [0.4, 0.5) is 8.78 Å². The molecule has 0 unspecified atom stereocenters. The number of halogens is 2. The fourth-order valence-corrected chi connectivity index (χ4v) is 4.01. The van der Waals surface area contributed by atoms with Gasteiger partial charge in [0.25, 0.3) is 5.56 Å². The molecule has 0 saturated carbocycles. The molecule has 0 aliphatic carbocycles. The first-order valence-electron chi connectivity index (χ1n) is 9.48. The predicted octanol–water partition coefficient (Wildman–Crippen LogP) is 4.70. The van der Waals surface area contributed by atoms with Gasteiger partial charge in [-0.15, -0.1) is 10.2 Å². The number of H-pyrrole nitrogens is 2. The molecule has 2 N–H and O–H groups in total. The average molecular weight is 394 g/mol. The molecule has 148 valence electrons. The van der Waals surface area contributed by atoms with Crippen molar-refractivity contribution in [3.8, 4) is 11.3 Å². The van der Waals surface area contributed by atoms with Crippen molar-refractivity contribution >= 4 is 10.8 Å². The van der Waals surface area contributed by atoms with Crippen LogP contribution in [-0.2, 0) is 5.41 Å². The quantitative estimate of drug-likeness (QED) is 0.515. The Morgan fingerprint density at radius 3 is 2.48 bits per heavy atom. The van der Waals surface area contributed by atoms with E-state index in [1.165, 1.54) is 12.4 Å². The first-order valence-corrected chi connectivity index (χ1v) is 9.48. The summed E-state index contributed by atoms with van der Waals surface area (Å²) in [5, 5.41) is 8.78. The molecule has 0 fully saturated rings. The molecule has 0 aliphatic rings. The molecule has 0 amide bonds. The molecule has 2 aromatic heterocycles. The number of aromatic nitrogens is 4. The van der Waals surface area contributed by atoms with Crippen LogP contribution in [0.25, 0.3) is 22.0 Å². The Balaban J connectivity index is 1.82. The summed E-state index contributed by atoms with van der Waals surface area (Å²) < 4.78 is 27.5. The van der Waals surface area contributed by atoms with E-state index < -0.39 is 17.0 Å². The number of aromatic amines is 2. The number of nitrogens with zero attached hydrogens (tertiary/aromatic N) is 2. The van der Waals surface area contributed by atoms with E-state index in [0.29, 0.717) is 46.3 Å². The molecule has 2 aromatic carbocycles. The van der Waals surface area contributed by atoms with Gasteiger partial charge in [0.2, 0.25) is 0 Å². The maximum Gasteiger partial charge on any atom is 0.252 e. The maximum absolute atomic E-state index is 13.9. The first kappa shape index (κ1) is 19.0. The highest BCUT2D eigenvalue weighted by molar-refractivity contribution is 5.87. The molecule has 2 heterocycles. The fraction of sp³-hybridized carbons (Fsp3) is 0.227.